The zero-order valence-corrected chi connectivity index (χ0v) is 17.1. The van der Waals surface area contributed by atoms with Crippen molar-refractivity contribution in [1.82, 2.24) is 24.8 Å². The molecule has 0 atom stereocenters. The third-order valence-electron chi connectivity index (χ3n) is 4.56. The van der Waals surface area contributed by atoms with Crippen molar-refractivity contribution in [2.75, 3.05) is 24.7 Å². The molecule has 4 heterocycles. The molecule has 3 aromatic heterocycles. The summed E-state index contributed by atoms with van der Waals surface area (Å²) in [5, 5.41) is 4.76. The fourth-order valence-corrected chi connectivity index (χ4v) is 4.19. The lowest BCUT2D eigenvalue weighted by atomic mass is 10.1. The molecule has 0 aliphatic carbocycles. The van der Waals surface area contributed by atoms with Crippen molar-refractivity contribution >= 4 is 34.0 Å². The number of halogens is 1. The molecule has 0 spiro atoms. The molecule has 9 heteroatoms. The molecule has 1 saturated heterocycles. The van der Waals surface area contributed by atoms with Crippen molar-refractivity contribution in [1.29, 1.82) is 0 Å². The van der Waals surface area contributed by atoms with Crippen LogP contribution in [-0.2, 0) is 6.54 Å². The van der Waals surface area contributed by atoms with Gasteiger partial charge in [0.2, 0.25) is 0 Å². The van der Waals surface area contributed by atoms with E-state index in [1.807, 2.05) is 30.8 Å². The standard InChI is InChI=1S/C19H21FN6S2/c1-27-18-21-7-4-15(24-18)16-11-23-19(28-16)25-17-3-2-13(10-22-17)12-26-8-5-14(20)6-9-26/h2-4,7,10-11,14H,5-6,8-9,12H2,1H3,(H,22,23,25). The first-order chi connectivity index (χ1) is 13.7. The van der Waals surface area contributed by atoms with Crippen LogP contribution in [0.15, 0.2) is 41.9 Å². The predicted octanol–water partition coefficient (Wildman–Crippen LogP) is 4.39. The molecular weight excluding hydrogens is 395 g/mol. The molecule has 28 heavy (non-hydrogen) atoms. The van der Waals surface area contributed by atoms with E-state index in [1.54, 1.807) is 6.20 Å². The first kappa shape index (κ1) is 19.2. The highest BCUT2D eigenvalue weighted by molar-refractivity contribution is 7.98. The van der Waals surface area contributed by atoms with Crippen LogP contribution in [-0.4, -0.2) is 50.4 Å². The molecule has 0 saturated carbocycles. The van der Waals surface area contributed by atoms with Gasteiger partial charge in [-0.15, -0.1) is 0 Å². The Morgan fingerprint density at radius 1 is 1.18 bits per heavy atom. The van der Waals surface area contributed by atoms with Crippen molar-refractivity contribution in [2.24, 2.45) is 0 Å². The minimum absolute atomic E-state index is 0.629. The molecule has 4 rings (SSSR count). The third-order valence-corrected chi connectivity index (χ3v) is 6.05. The minimum atomic E-state index is -0.640. The molecule has 0 radical (unpaired) electrons. The summed E-state index contributed by atoms with van der Waals surface area (Å²) in [5.74, 6) is 0.750. The van der Waals surface area contributed by atoms with E-state index in [0.29, 0.717) is 12.8 Å². The number of alkyl halides is 1. The van der Waals surface area contributed by atoms with Crippen molar-refractivity contribution in [3.8, 4) is 10.6 Å². The Morgan fingerprint density at radius 3 is 2.79 bits per heavy atom. The molecule has 1 fully saturated rings. The van der Waals surface area contributed by atoms with Gasteiger partial charge < -0.3 is 5.32 Å². The summed E-state index contributed by atoms with van der Waals surface area (Å²) < 4.78 is 13.2. The summed E-state index contributed by atoms with van der Waals surface area (Å²) in [6, 6.07) is 5.89. The second-order valence-corrected chi connectivity index (χ2v) is 8.39. The van der Waals surface area contributed by atoms with Crippen molar-refractivity contribution in [2.45, 2.75) is 30.7 Å². The molecule has 0 aromatic carbocycles. The minimum Gasteiger partial charge on any atom is -0.316 e. The van der Waals surface area contributed by atoms with Gasteiger partial charge in [-0.1, -0.05) is 29.2 Å². The normalized spacial score (nSPS) is 15.6. The van der Waals surface area contributed by atoms with Gasteiger partial charge in [-0.25, -0.2) is 24.3 Å². The van der Waals surface area contributed by atoms with Crippen LogP contribution in [0.25, 0.3) is 10.6 Å². The van der Waals surface area contributed by atoms with E-state index in [2.05, 4.69) is 36.2 Å². The van der Waals surface area contributed by atoms with Gasteiger partial charge in [-0.05, 0) is 36.8 Å². The number of aromatic nitrogens is 4. The topological polar surface area (TPSA) is 66.8 Å². The average Bonchev–Trinajstić information content (AvgIpc) is 3.20. The van der Waals surface area contributed by atoms with Crippen molar-refractivity contribution in [3.05, 3.63) is 42.4 Å². The smallest absolute Gasteiger partial charge is 0.188 e. The van der Waals surface area contributed by atoms with Gasteiger partial charge in [-0.2, -0.15) is 0 Å². The molecule has 1 aliphatic rings. The van der Waals surface area contributed by atoms with Gasteiger partial charge in [0, 0.05) is 38.2 Å². The van der Waals surface area contributed by atoms with E-state index in [1.165, 1.54) is 23.1 Å². The van der Waals surface area contributed by atoms with Crippen LogP contribution in [0.4, 0.5) is 15.3 Å². The van der Waals surface area contributed by atoms with E-state index in [4.69, 9.17) is 0 Å². The largest absolute Gasteiger partial charge is 0.316 e. The van der Waals surface area contributed by atoms with Crippen LogP contribution in [0.3, 0.4) is 0 Å². The van der Waals surface area contributed by atoms with Crippen LogP contribution in [0.2, 0.25) is 0 Å². The molecular formula is C19H21FN6S2. The highest BCUT2D eigenvalue weighted by Gasteiger charge is 2.18. The summed E-state index contributed by atoms with van der Waals surface area (Å²) in [5.41, 5.74) is 2.00. The van der Waals surface area contributed by atoms with Gasteiger partial charge in [0.25, 0.3) is 0 Å². The lowest BCUT2D eigenvalue weighted by molar-refractivity contribution is 0.145. The summed E-state index contributed by atoms with van der Waals surface area (Å²) in [6.45, 7) is 2.43. The fraction of sp³-hybridized carbons (Fsp3) is 0.368. The molecule has 0 bridgehead atoms. The van der Waals surface area contributed by atoms with Crippen LogP contribution < -0.4 is 5.32 Å². The second kappa shape index (κ2) is 8.93. The Bertz CT molecular complexity index is 909. The van der Waals surface area contributed by atoms with Crippen LogP contribution in [0.5, 0.6) is 0 Å². The number of nitrogens with zero attached hydrogens (tertiary/aromatic N) is 5. The molecule has 3 aromatic rings. The number of hydrogen-bond donors (Lipinski definition) is 1. The number of hydrogen-bond acceptors (Lipinski definition) is 8. The van der Waals surface area contributed by atoms with E-state index < -0.39 is 6.17 Å². The lowest BCUT2D eigenvalue weighted by Crippen LogP contribution is -2.33. The van der Waals surface area contributed by atoms with Crippen LogP contribution in [0.1, 0.15) is 18.4 Å². The molecule has 0 amide bonds. The van der Waals surface area contributed by atoms with E-state index in [0.717, 1.165) is 51.9 Å². The number of pyridine rings is 1. The monoisotopic (exact) mass is 416 g/mol. The van der Waals surface area contributed by atoms with Crippen molar-refractivity contribution in [3.63, 3.8) is 0 Å². The van der Waals surface area contributed by atoms with E-state index in [-0.39, 0.29) is 0 Å². The molecule has 0 unspecified atom stereocenters. The number of likely N-dealkylation sites (tertiary alicyclic amines) is 1. The highest BCUT2D eigenvalue weighted by atomic mass is 32.2. The molecule has 146 valence electrons. The zero-order valence-electron chi connectivity index (χ0n) is 15.5. The number of thioether (sulfide) groups is 1. The van der Waals surface area contributed by atoms with E-state index in [9.17, 15) is 4.39 Å². The van der Waals surface area contributed by atoms with Crippen LogP contribution in [0, 0.1) is 0 Å². The maximum atomic E-state index is 13.2. The first-order valence-electron chi connectivity index (χ1n) is 9.11. The quantitative estimate of drug-likeness (QED) is 0.472. The predicted molar refractivity (Wildman–Crippen MR) is 112 cm³/mol. The Labute approximate surface area is 171 Å². The second-order valence-electron chi connectivity index (χ2n) is 6.59. The summed E-state index contributed by atoms with van der Waals surface area (Å²) in [6.07, 6.45) is 8.01. The maximum Gasteiger partial charge on any atom is 0.188 e. The first-order valence-corrected chi connectivity index (χ1v) is 11.2. The number of thiazole rings is 1. The molecule has 1 aliphatic heterocycles. The van der Waals surface area contributed by atoms with Gasteiger partial charge >= 0.3 is 0 Å². The van der Waals surface area contributed by atoms with Gasteiger partial charge in [0.1, 0.15) is 12.0 Å². The Hall–Kier alpha value is -2.10. The molecule has 6 nitrogen and oxygen atoms in total. The van der Waals surface area contributed by atoms with Crippen LogP contribution >= 0.6 is 23.1 Å². The summed E-state index contributed by atoms with van der Waals surface area (Å²) in [4.78, 5) is 20.9. The number of rotatable bonds is 6. The summed E-state index contributed by atoms with van der Waals surface area (Å²) in [7, 11) is 0. The SMILES string of the molecule is CSc1nccc(-c2cnc(Nc3ccc(CN4CCC(F)CC4)cn3)s2)n1. The average molecular weight is 417 g/mol. The number of piperidine rings is 1. The molecule has 1 N–H and O–H groups in total. The van der Waals surface area contributed by atoms with E-state index >= 15 is 0 Å². The van der Waals surface area contributed by atoms with Gasteiger partial charge in [-0.3, -0.25) is 4.90 Å². The van der Waals surface area contributed by atoms with Gasteiger partial charge in [0.05, 0.1) is 10.6 Å². The van der Waals surface area contributed by atoms with Gasteiger partial charge in [0.15, 0.2) is 10.3 Å². The Kier molecular flexibility index (Phi) is 6.13. The fourth-order valence-electron chi connectivity index (χ4n) is 3.05. The maximum absolute atomic E-state index is 13.2. The Morgan fingerprint density at radius 2 is 2.04 bits per heavy atom. The highest BCUT2D eigenvalue weighted by Crippen LogP contribution is 2.29. The zero-order chi connectivity index (χ0) is 19.3. The van der Waals surface area contributed by atoms with Crippen molar-refractivity contribution < 1.29 is 4.39 Å². The summed E-state index contributed by atoms with van der Waals surface area (Å²) >= 11 is 3.04. The lowest BCUT2D eigenvalue weighted by Gasteiger charge is -2.28. The number of nitrogens with one attached hydrogen (secondary N) is 1. The Balaban J connectivity index is 1.37. The third kappa shape index (κ3) is 4.84. The number of anilines is 2.